The van der Waals surface area contributed by atoms with Gasteiger partial charge in [-0.2, -0.15) is 0 Å². The maximum atomic E-state index is 13.1. The zero-order chi connectivity index (χ0) is 16.1. The van der Waals surface area contributed by atoms with Gasteiger partial charge in [-0.15, -0.1) is 0 Å². The van der Waals surface area contributed by atoms with E-state index in [-0.39, 0.29) is 5.43 Å². The highest BCUT2D eigenvalue weighted by atomic mass is 35.5. The first-order valence-electron chi connectivity index (χ1n) is 8.62. The molecule has 1 saturated heterocycles. The van der Waals surface area contributed by atoms with Crippen LogP contribution < -0.4 is 5.43 Å². The Morgan fingerprint density at radius 2 is 1.91 bits per heavy atom. The van der Waals surface area contributed by atoms with E-state index in [4.69, 9.17) is 11.6 Å². The number of halogens is 1. The Kier molecular flexibility index (Phi) is 3.73. The van der Waals surface area contributed by atoms with Crippen LogP contribution in [0.1, 0.15) is 48.4 Å². The van der Waals surface area contributed by atoms with Gasteiger partial charge in [-0.05, 0) is 69.8 Å². The van der Waals surface area contributed by atoms with Crippen LogP contribution in [-0.4, -0.2) is 22.6 Å². The lowest BCUT2D eigenvalue weighted by molar-refractivity contribution is 0.329. The molecule has 1 aliphatic carbocycles. The summed E-state index contributed by atoms with van der Waals surface area (Å²) in [6, 6.07) is 2.67. The van der Waals surface area contributed by atoms with Crippen molar-refractivity contribution in [3.63, 3.8) is 0 Å². The van der Waals surface area contributed by atoms with Crippen molar-refractivity contribution in [2.45, 2.75) is 52.1 Å². The molecule has 0 spiro atoms. The average molecular weight is 331 g/mol. The van der Waals surface area contributed by atoms with E-state index in [0.717, 1.165) is 47.2 Å². The van der Waals surface area contributed by atoms with Gasteiger partial charge in [0.25, 0.3) is 0 Å². The smallest absolute Gasteiger partial charge is 0.195 e. The number of benzene rings is 1. The summed E-state index contributed by atoms with van der Waals surface area (Å²) < 4.78 is 2.31. The first-order valence-corrected chi connectivity index (χ1v) is 9.00. The molecular weight excluding hydrogens is 308 g/mol. The SMILES string of the molecule is Cc1cc2c(c(Cl)c1C)c(=O)c(CN1CCCC1)cn2C1CC1. The highest BCUT2D eigenvalue weighted by molar-refractivity contribution is 6.36. The molecule has 0 radical (unpaired) electrons. The highest BCUT2D eigenvalue weighted by Gasteiger charge is 2.27. The molecule has 0 atom stereocenters. The van der Waals surface area contributed by atoms with E-state index in [9.17, 15) is 4.79 Å². The lowest BCUT2D eigenvalue weighted by Gasteiger charge is -2.19. The van der Waals surface area contributed by atoms with Crippen molar-refractivity contribution >= 4 is 22.5 Å². The van der Waals surface area contributed by atoms with Gasteiger partial charge in [0.15, 0.2) is 5.43 Å². The van der Waals surface area contributed by atoms with Crippen LogP contribution in [0.25, 0.3) is 10.9 Å². The van der Waals surface area contributed by atoms with Crippen molar-refractivity contribution in [3.05, 3.63) is 44.2 Å². The number of hydrogen-bond acceptors (Lipinski definition) is 2. The number of aromatic nitrogens is 1. The van der Waals surface area contributed by atoms with Crippen molar-refractivity contribution in [2.24, 2.45) is 0 Å². The molecule has 4 heteroatoms. The second kappa shape index (κ2) is 5.64. The molecule has 3 nitrogen and oxygen atoms in total. The Hall–Kier alpha value is -1.32. The van der Waals surface area contributed by atoms with E-state index < -0.39 is 0 Å². The number of fused-ring (bicyclic) bond motifs is 1. The normalized spacial score (nSPS) is 18.9. The minimum atomic E-state index is 0.122. The molecule has 0 unspecified atom stereocenters. The molecule has 1 aromatic heterocycles. The number of aryl methyl sites for hydroxylation is 1. The summed E-state index contributed by atoms with van der Waals surface area (Å²) >= 11 is 6.60. The van der Waals surface area contributed by atoms with Crippen LogP contribution in [0.15, 0.2) is 17.1 Å². The Morgan fingerprint density at radius 1 is 1.22 bits per heavy atom. The first kappa shape index (κ1) is 15.2. The summed E-state index contributed by atoms with van der Waals surface area (Å²) in [5.74, 6) is 0. The molecule has 2 aliphatic rings. The molecule has 1 aromatic carbocycles. The second-order valence-corrected chi connectivity index (χ2v) is 7.51. The molecule has 4 rings (SSSR count). The highest BCUT2D eigenvalue weighted by Crippen LogP contribution is 2.39. The van der Waals surface area contributed by atoms with Gasteiger partial charge < -0.3 is 4.57 Å². The van der Waals surface area contributed by atoms with Crippen LogP contribution >= 0.6 is 11.6 Å². The fourth-order valence-corrected chi connectivity index (χ4v) is 4.02. The van der Waals surface area contributed by atoms with E-state index in [1.807, 2.05) is 6.92 Å². The molecule has 1 saturated carbocycles. The molecule has 122 valence electrons. The van der Waals surface area contributed by atoms with E-state index in [2.05, 4.69) is 28.7 Å². The van der Waals surface area contributed by atoms with Gasteiger partial charge in [-0.1, -0.05) is 11.6 Å². The maximum Gasteiger partial charge on any atom is 0.195 e. The van der Waals surface area contributed by atoms with Crippen molar-refractivity contribution in [2.75, 3.05) is 13.1 Å². The summed E-state index contributed by atoms with van der Waals surface area (Å²) in [6.07, 6.45) is 6.98. The zero-order valence-electron chi connectivity index (χ0n) is 13.9. The maximum absolute atomic E-state index is 13.1. The number of likely N-dealkylation sites (tertiary alicyclic amines) is 1. The Balaban J connectivity index is 1.94. The number of rotatable bonds is 3. The summed E-state index contributed by atoms with van der Waals surface area (Å²) in [4.78, 5) is 15.5. The van der Waals surface area contributed by atoms with E-state index in [0.29, 0.717) is 11.1 Å². The van der Waals surface area contributed by atoms with Crippen LogP contribution in [0.2, 0.25) is 5.02 Å². The van der Waals surface area contributed by atoms with Crippen molar-refractivity contribution < 1.29 is 0 Å². The predicted octanol–water partition coefficient (Wildman–Crippen LogP) is 4.20. The molecular formula is C19H23ClN2O. The molecule has 1 aliphatic heterocycles. The average Bonchev–Trinajstić information content (AvgIpc) is 3.24. The fraction of sp³-hybridized carbons (Fsp3) is 0.526. The summed E-state index contributed by atoms with van der Waals surface area (Å²) in [7, 11) is 0. The van der Waals surface area contributed by atoms with Gasteiger partial charge >= 0.3 is 0 Å². The van der Waals surface area contributed by atoms with E-state index >= 15 is 0 Å². The molecule has 23 heavy (non-hydrogen) atoms. The summed E-state index contributed by atoms with van der Waals surface area (Å²) in [5.41, 5.74) is 4.21. The minimum absolute atomic E-state index is 0.122. The van der Waals surface area contributed by atoms with Gasteiger partial charge in [-0.3, -0.25) is 9.69 Å². The van der Waals surface area contributed by atoms with Crippen molar-refractivity contribution in [3.8, 4) is 0 Å². The van der Waals surface area contributed by atoms with E-state index in [1.165, 1.54) is 25.7 Å². The fourth-order valence-electron chi connectivity index (χ4n) is 3.68. The second-order valence-electron chi connectivity index (χ2n) is 7.13. The predicted molar refractivity (Wildman–Crippen MR) is 95.5 cm³/mol. The van der Waals surface area contributed by atoms with Gasteiger partial charge in [0.2, 0.25) is 0 Å². The zero-order valence-corrected chi connectivity index (χ0v) is 14.6. The summed E-state index contributed by atoms with van der Waals surface area (Å²) in [6.45, 7) is 7.03. The largest absolute Gasteiger partial charge is 0.344 e. The van der Waals surface area contributed by atoms with Crippen LogP contribution in [0, 0.1) is 13.8 Å². The lowest BCUT2D eigenvalue weighted by atomic mass is 10.0. The van der Waals surface area contributed by atoms with Crippen LogP contribution in [0.5, 0.6) is 0 Å². The van der Waals surface area contributed by atoms with Gasteiger partial charge in [0, 0.05) is 24.3 Å². The van der Waals surface area contributed by atoms with Crippen molar-refractivity contribution in [1.82, 2.24) is 9.47 Å². The molecule has 2 aromatic rings. The number of nitrogens with zero attached hydrogens (tertiary/aromatic N) is 2. The van der Waals surface area contributed by atoms with Crippen molar-refractivity contribution in [1.29, 1.82) is 0 Å². The topological polar surface area (TPSA) is 25.2 Å². The standard InChI is InChI=1S/C19H23ClN2O/c1-12-9-16-17(18(20)13(12)2)19(23)14(10-21-7-3-4-8-21)11-22(16)15-5-6-15/h9,11,15H,3-8,10H2,1-2H3. The molecule has 0 bridgehead atoms. The van der Waals surface area contributed by atoms with Crippen LogP contribution in [0.4, 0.5) is 0 Å². The Morgan fingerprint density at radius 3 is 2.57 bits per heavy atom. The third-order valence-electron chi connectivity index (χ3n) is 5.37. The van der Waals surface area contributed by atoms with Gasteiger partial charge in [-0.25, -0.2) is 0 Å². The summed E-state index contributed by atoms with van der Waals surface area (Å²) in [5, 5.41) is 1.36. The number of pyridine rings is 1. The molecule has 0 N–H and O–H groups in total. The Labute approximate surface area is 141 Å². The quantitative estimate of drug-likeness (QED) is 0.842. The third kappa shape index (κ3) is 2.60. The van der Waals surface area contributed by atoms with Crippen LogP contribution in [0.3, 0.4) is 0 Å². The van der Waals surface area contributed by atoms with Gasteiger partial charge in [0.05, 0.1) is 15.9 Å². The monoisotopic (exact) mass is 330 g/mol. The lowest BCUT2D eigenvalue weighted by Crippen LogP contribution is -2.25. The molecule has 0 amide bonds. The van der Waals surface area contributed by atoms with Crippen LogP contribution in [-0.2, 0) is 6.54 Å². The minimum Gasteiger partial charge on any atom is -0.344 e. The molecule has 2 fully saturated rings. The first-order chi connectivity index (χ1) is 11.1. The molecule has 2 heterocycles. The number of hydrogen-bond donors (Lipinski definition) is 0. The third-order valence-corrected chi connectivity index (χ3v) is 5.85. The van der Waals surface area contributed by atoms with E-state index in [1.54, 1.807) is 0 Å². The Bertz CT molecular complexity index is 830. The van der Waals surface area contributed by atoms with Gasteiger partial charge in [0.1, 0.15) is 0 Å².